The van der Waals surface area contributed by atoms with Crippen LogP contribution in [0.15, 0.2) is 60.9 Å². The number of benzene rings is 2. The number of carbonyl (C=O) groups excluding carboxylic acids is 2. The van der Waals surface area contributed by atoms with Crippen molar-refractivity contribution < 1.29 is 22.8 Å². The molecule has 4 aromatic rings. The largest absolute Gasteiger partial charge is 0.399 e. The van der Waals surface area contributed by atoms with Crippen molar-refractivity contribution in [2.75, 3.05) is 0 Å². The number of hydrogen-bond acceptors (Lipinski definition) is 2. The average Bonchev–Trinajstić information content (AvgIpc) is 3.41. The zero-order chi connectivity index (χ0) is 27.9. The predicted octanol–water partition coefficient (Wildman–Crippen LogP) is 7.00. The summed E-state index contributed by atoms with van der Waals surface area (Å²) in [4.78, 5) is 23.9. The Hall–Kier alpha value is -3.93. The van der Waals surface area contributed by atoms with Crippen LogP contribution in [0, 0.1) is 6.92 Å². The highest BCUT2D eigenvalue weighted by Crippen LogP contribution is 2.39. The van der Waals surface area contributed by atoms with Crippen molar-refractivity contribution >= 4 is 40.0 Å². The molecule has 0 saturated carbocycles. The Kier molecular flexibility index (Phi) is 7.06. The van der Waals surface area contributed by atoms with Gasteiger partial charge in [-0.05, 0) is 95.3 Å². The number of carbonyl (C=O) groups is 2. The molecule has 0 bridgehead atoms. The number of rotatable bonds is 3. The maximum atomic E-state index is 13.7. The number of allylic oxidation sites excluding steroid dienone is 2. The highest BCUT2D eigenvalue weighted by molar-refractivity contribution is 6.04. The van der Waals surface area contributed by atoms with Gasteiger partial charge in [0.05, 0.1) is 11.4 Å². The Balaban J connectivity index is 0.000000198. The van der Waals surface area contributed by atoms with Gasteiger partial charge in [-0.1, -0.05) is 43.4 Å². The molecule has 1 atom stereocenters. The summed E-state index contributed by atoms with van der Waals surface area (Å²) in [6.07, 6.45) is 9.49. The van der Waals surface area contributed by atoms with Crippen molar-refractivity contribution in [1.29, 1.82) is 0 Å². The molecule has 2 heterocycles. The molecule has 2 aromatic heterocycles. The first kappa shape index (κ1) is 26.7. The molecule has 0 fully saturated rings. The van der Waals surface area contributed by atoms with Gasteiger partial charge < -0.3 is 4.40 Å². The Labute approximate surface area is 225 Å². The predicted molar refractivity (Wildman–Crippen MR) is 150 cm³/mol. The third-order valence-electron chi connectivity index (χ3n) is 7.70. The molecule has 1 unspecified atom stereocenters. The lowest BCUT2D eigenvalue weighted by atomic mass is 9.80. The standard InChI is InChI=1S/C22H19F3O.C11H11NO/c1-12-19(13(2)26)21-16(8-5-9-18(21)22(23,24)25)17-11-10-14-6-3-4-7-15(14)20(12)17;1-2-11(13)9-5-3-7-12-8-4-6-10(9)12/h5,7-11,18H,3-4,6H2,1-2H3;3-8H,2H2,1H3. The van der Waals surface area contributed by atoms with Crippen LogP contribution in [-0.4, -0.2) is 22.1 Å². The van der Waals surface area contributed by atoms with Crippen LogP contribution >= 0.6 is 0 Å². The fourth-order valence-corrected chi connectivity index (χ4v) is 5.97. The molecule has 0 N–H and O–H groups in total. The Morgan fingerprint density at radius 1 is 1.05 bits per heavy atom. The minimum atomic E-state index is -4.43. The molecule has 0 aliphatic heterocycles. The molecule has 3 nitrogen and oxygen atoms in total. The molecule has 2 aromatic carbocycles. The van der Waals surface area contributed by atoms with E-state index in [2.05, 4.69) is 6.08 Å². The van der Waals surface area contributed by atoms with E-state index in [4.69, 9.17) is 0 Å². The lowest BCUT2D eigenvalue weighted by molar-refractivity contribution is -0.139. The van der Waals surface area contributed by atoms with Crippen LogP contribution in [0.25, 0.3) is 28.4 Å². The summed E-state index contributed by atoms with van der Waals surface area (Å²) < 4.78 is 43.0. The number of ketones is 2. The molecule has 6 rings (SSSR count). The second-order valence-corrected chi connectivity index (χ2v) is 10.1. The zero-order valence-corrected chi connectivity index (χ0v) is 22.2. The van der Waals surface area contributed by atoms with E-state index in [0.29, 0.717) is 17.2 Å². The molecule has 39 heavy (non-hydrogen) atoms. The van der Waals surface area contributed by atoms with Gasteiger partial charge in [0.25, 0.3) is 0 Å². The van der Waals surface area contributed by atoms with Gasteiger partial charge in [0, 0.05) is 29.9 Å². The highest BCUT2D eigenvalue weighted by atomic mass is 19.4. The monoisotopic (exact) mass is 529 g/mol. The highest BCUT2D eigenvalue weighted by Gasteiger charge is 2.42. The number of hydrogen-bond donors (Lipinski definition) is 0. The van der Waals surface area contributed by atoms with E-state index >= 15 is 0 Å². The summed E-state index contributed by atoms with van der Waals surface area (Å²) >= 11 is 0. The van der Waals surface area contributed by atoms with Gasteiger partial charge in [-0.25, -0.2) is 0 Å². The van der Waals surface area contributed by atoms with E-state index < -0.39 is 12.1 Å². The summed E-state index contributed by atoms with van der Waals surface area (Å²) in [6.45, 7) is 5.03. The van der Waals surface area contributed by atoms with Gasteiger partial charge in [-0.2, -0.15) is 13.2 Å². The van der Waals surface area contributed by atoms with E-state index in [-0.39, 0.29) is 22.7 Å². The normalized spacial score (nSPS) is 16.0. The zero-order valence-electron chi connectivity index (χ0n) is 22.2. The van der Waals surface area contributed by atoms with Gasteiger partial charge in [0.2, 0.25) is 0 Å². The average molecular weight is 530 g/mol. The van der Waals surface area contributed by atoms with E-state index in [1.165, 1.54) is 18.6 Å². The van der Waals surface area contributed by atoms with E-state index in [1.54, 1.807) is 13.0 Å². The third-order valence-corrected chi connectivity index (χ3v) is 7.70. The Morgan fingerprint density at radius 3 is 2.49 bits per heavy atom. The van der Waals surface area contributed by atoms with Crippen LogP contribution in [-0.2, 0) is 6.42 Å². The molecule has 200 valence electrons. The van der Waals surface area contributed by atoms with Crippen LogP contribution in [0.2, 0.25) is 0 Å². The Morgan fingerprint density at radius 2 is 1.79 bits per heavy atom. The first-order valence-electron chi connectivity index (χ1n) is 13.3. The molecule has 0 saturated heterocycles. The van der Waals surface area contributed by atoms with Gasteiger partial charge in [-0.15, -0.1) is 0 Å². The number of fused-ring (bicyclic) bond motifs is 6. The van der Waals surface area contributed by atoms with Gasteiger partial charge in [0.1, 0.15) is 0 Å². The molecule has 2 aliphatic carbocycles. The fourth-order valence-electron chi connectivity index (χ4n) is 5.97. The fraction of sp³-hybridized carbons (Fsp3) is 0.273. The van der Waals surface area contributed by atoms with Crippen LogP contribution in [0.5, 0.6) is 0 Å². The SMILES string of the molecule is CC(=O)c1c2c(c3ccc4c(c3c1C)=CCCC4)=CC=CC2C(F)(F)F.CCC(=O)c1cccn2cccc12. The number of Topliss-reactive ketones (excluding diaryl/α,β-unsaturated/α-hetero) is 2. The van der Waals surface area contributed by atoms with E-state index in [9.17, 15) is 22.8 Å². The summed E-state index contributed by atoms with van der Waals surface area (Å²) in [7, 11) is 0. The third kappa shape index (κ3) is 4.73. The summed E-state index contributed by atoms with van der Waals surface area (Å²) in [5.41, 5.74) is 4.01. The number of pyridine rings is 1. The maximum Gasteiger partial charge on any atom is 0.399 e. The van der Waals surface area contributed by atoms with Crippen LogP contribution in [0.3, 0.4) is 0 Å². The molecule has 0 radical (unpaired) electrons. The summed E-state index contributed by atoms with van der Waals surface area (Å²) in [6, 6.07) is 11.6. The maximum absolute atomic E-state index is 13.7. The number of alkyl halides is 3. The van der Waals surface area contributed by atoms with Crippen LogP contribution in [0.4, 0.5) is 13.2 Å². The van der Waals surface area contributed by atoms with Gasteiger partial charge in [-0.3, -0.25) is 9.59 Å². The van der Waals surface area contributed by atoms with E-state index in [1.807, 2.05) is 60.1 Å². The molecule has 0 amide bonds. The molecule has 0 spiro atoms. The van der Waals surface area contributed by atoms with Crippen molar-refractivity contribution in [2.24, 2.45) is 0 Å². The number of halogens is 3. The summed E-state index contributed by atoms with van der Waals surface area (Å²) in [5, 5.41) is 3.35. The van der Waals surface area contributed by atoms with E-state index in [0.717, 1.165) is 52.4 Å². The first-order chi connectivity index (χ1) is 18.6. The van der Waals surface area contributed by atoms with Gasteiger partial charge >= 0.3 is 6.18 Å². The van der Waals surface area contributed by atoms with Crippen molar-refractivity contribution in [2.45, 2.75) is 58.5 Å². The van der Waals surface area contributed by atoms with Crippen molar-refractivity contribution in [3.63, 3.8) is 0 Å². The van der Waals surface area contributed by atoms with Crippen LogP contribution in [0.1, 0.15) is 76.4 Å². The first-order valence-corrected chi connectivity index (χ1v) is 13.3. The van der Waals surface area contributed by atoms with Crippen LogP contribution < -0.4 is 10.4 Å². The Bertz CT molecular complexity index is 1770. The second-order valence-electron chi connectivity index (χ2n) is 10.1. The summed E-state index contributed by atoms with van der Waals surface area (Å²) in [5.74, 6) is -1.86. The lowest BCUT2D eigenvalue weighted by Crippen LogP contribution is -2.31. The van der Waals surface area contributed by atoms with Crippen molar-refractivity contribution in [3.8, 4) is 0 Å². The minimum absolute atomic E-state index is 0.105. The van der Waals surface area contributed by atoms with Crippen molar-refractivity contribution in [1.82, 2.24) is 4.40 Å². The smallest absolute Gasteiger partial charge is 0.323 e. The topological polar surface area (TPSA) is 38.5 Å². The minimum Gasteiger partial charge on any atom is -0.323 e. The molecular weight excluding hydrogens is 499 g/mol. The van der Waals surface area contributed by atoms with Crippen molar-refractivity contribution in [3.05, 3.63) is 99.2 Å². The van der Waals surface area contributed by atoms with Gasteiger partial charge in [0.15, 0.2) is 11.6 Å². The number of nitrogens with zero attached hydrogens (tertiary/aromatic N) is 1. The number of aromatic nitrogens is 1. The second kappa shape index (κ2) is 10.3. The number of aryl methyl sites for hydroxylation is 2. The molecular formula is C33H30F3NO2. The quantitative estimate of drug-likeness (QED) is 0.268. The molecule has 2 aliphatic rings. The lowest BCUT2D eigenvalue weighted by Gasteiger charge is -2.26. The molecule has 6 heteroatoms.